The van der Waals surface area contributed by atoms with Crippen molar-refractivity contribution < 1.29 is 23.8 Å². The van der Waals surface area contributed by atoms with Crippen LogP contribution in [0.15, 0.2) is 207 Å². The van der Waals surface area contributed by atoms with Crippen LogP contribution in [0.25, 0.3) is 0 Å². The number of aromatic nitrogens is 2. The first-order valence-electron chi connectivity index (χ1n) is 25.4. The smallest absolute Gasteiger partial charge is 0.339 e. The number of amides is 1. The summed E-state index contributed by atoms with van der Waals surface area (Å²) in [6, 6.07) is 64.5. The van der Waals surface area contributed by atoms with Gasteiger partial charge in [0.25, 0.3) is 5.91 Å². The van der Waals surface area contributed by atoms with Crippen LogP contribution in [0.2, 0.25) is 0 Å². The Bertz CT molecular complexity index is 2870. The van der Waals surface area contributed by atoms with E-state index < -0.39 is 0 Å². The first-order chi connectivity index (χ1) is 36.3. The van der Waals surface area contributed by atoms with Gasteiger partial charge >= 0.3 is 5.97 Å². The third kappa shape index (κ3) is 15.4. The Morgan fingerprint density at radius 2 is 0.905 bits per heavy atom. The molecule has 2 atom stereocenters. The van der Waals surface area contributed by atoms with E-state index in [0.717, 1.165) is 91.3 Å². The Morgan fingerprint density at radius 3 is 1.32 bits per heavy atom. The third-order valence-corrected chi connectivity index (χ3v) is 12.8. The van der Waals surface area contributed by atoms with Crippen LogP contribution in [-0.2, 0) is 30.9 Å². The Labute approximate surface area is 436 Å². The van der Waals surface area contributed by atoms with E-state index in [0.29, 0.717) is 30.4 Å². The highest BCUT2D eigenvalue weighted by Crippen LogP contribution is 2.30. The number of esters is 1. The van der Waals surface area contributed by atoms with E-state index in [-0.39, 0.29) is 24.1 Å². The largest absolute Gasteiger partial charge is 0.472 e. The number of nitrogens with one attached hydrogen (secondary N) is 1. The lowest BCUT2D eigenvalue weighted by molar-refractivity contribution is 0.0601. The molecule has 2 aliphatic rings. The van der Waals surface area contributed by atoms with Gasteiger partial charge in [0, 0.05) is 82.3 Å². The van der Waals surface area contributed by atoms with Gasteiger partial charge in [-0.25, -0.2) is 14.8 Å². The zero-order valence-electron chi connectivity index (χ0n) is 42.6. The number of anilines is 2. The van der Waals surface area contributed by atoms with Gasteiger partial charge in [0.1, 0.15) is 12.2 Å². The predicted molar refractivity (Wildman–Crippen MR) is 295 cm³/mol. The van der Waals surface area contributed by atoms with Crippen molar-refractivity contribution in [2.24, 2.45) is 0 Å². The van der Waals surface area contributed by atoms with Crippen molar-refractivity contribution in [2.45, 2.75) is 65.1 Å². The van der Waals surface area contributed by atoms with E-state index in [2.05, 4.69) is 97.9 Å². The van der Waals surface area contributed by atoms with E-state index >= 15 is 0 Å². The highest BCUT2D eigenvalue weighted by Gasteiger charge is 2.30. The van der Waals surface area contributed by atoms with Gasteiger partial charge < -0.3 is 34.2 Å². The maximum Gasteiger partial charge on any atom is 0.339 e. The maximum absolute atomic E-state index is 14.0. The lowest BCUT2D eigenvalue weighted by Gasteiger charge is -2.27. The van der Waals surface area contributed by atoms with Gasteiger partial charge in [-0.15, -0.1) is 0 Å². The Morgan fingerprint density at radius 1 is 0.514 bits per heavy atom. The molecule has 0 saturated carbocycles. The lowest BCUT2D eigenvalue weighted by atomic mass is 10.1. The zero-order valence-corrected chi connectivity index (χ0v) is 42.6. The molecule has 2 aromatic heterocycles. The van der Waals surface area contributed by atoms with Crippen molar-refractivity contribution in [3.63, 3.8) is 0 Å². The molecule has 1 amide bonds. The predicted octanol–water partition coefficient (Wildman–Crippen LogP) is 11.7. The number of aryl methyl sites for hydroxylation is 2. The van der Waals surface area contributed by atoms with E-state index in [1.165, 1.54) is 18.2 Å². The summed E-state index contributed by atoms with van der Waals surface area (Å²) in [5.74, 6) is 1.01. The Balaban J connectivity index is 0.000000163. The molecule has 378 valence electrons. The molecule has 1 N–H and O–H groups in total. The summed E-state index contributed by atoms with van der Waals surface area (Å²) in [6.07, 6.45) is 5.50. The summed E-state index contributed by atoms with van der Waals surface area (Å²) < 4.78 is 16.9. The van der Waals surface area contributed by atoms with Gasteiger partial charge in [0.15, 0.2) is 0 Å². The first kappa shape index (κ1) is 52.1. The monoisotopic (exact) mass is 987 g/mol. The van der Waals surface area contributed by atoms with Crippen molar-refractivity contribution in [1.82, 2.24) is 20.2 Å². The lowest BCUT2D eigenvalue weighted by Crippen LogP contribution is -2.32. The third-order valence-electron chi connectivity index (χ3n) is 12.8. The average Bonchev–Trinajstić information content (AvgIpc) is 4.13. The second-order valence-electron chi connectivity index (χ2n) is 18.5. The number of hydrogen-bond acceptors (Lipinski definition) is 10. The van der Waals surface area contributed by atoms with E-state index in [4.69, 9.17) is 14.2 Å². The normalized spacial score (nSPS) is 14.7. The molecule has 74 heavy (non-hydrogen) atoms. The number of rotatable bonds is 16. The average molecular weight is 987 g/mol. The van der Waals surface area contributed by atoms with Gasteiger partial charge in [-0.3, -0.25) is 4.79 Å². The van der Waals surface area contributed by atoms with Crippen LogP contribution < -0.4 is 24.6 Å². The van der Waals surface area contributed by atoms with E-state index in [1.807, 2.05) is 140 Å². The molecular weight excluding hydrogens is 921 g/mol. The zero-order chi connectivity index (χ0) is 51.3. The van der Waals surface area contributed by atoms with Crippen molar-refractivity contribution in [3.8, 4) is 11.8 Å². The van der Waals surface area contributed by atoms with Crippen LogP contribution in [0.1, 0.15) is 66.9 Å². The number of para-hydroxylation sites is 2. The van der Waals surface area contributed by atoms with Crippen LogP contribution in [-0.4, -0.2) is 72.2 Å². The minimum absolute atomic E-state index is 0.0304. The summed E-state index contributed by atoms with van der Waals surface area (Å²) >= 11 is 0. The number of benzene rings is 6. The van der Waals surface area contributed by atoms with Crippen LogP contribution in [0.3, 0.4) is 0 Å². The van der Waals surface area contributed by atoms with Crippen molar-refractivity contribution in [1.29, 1.82) is 0 Å². The molecule has 2 fully saturated rings. The number of methoxy groups -OCH3 is 1. The fourth-order valence-corrected chi connectivity index (χ4v) is 8.96. The SMILES string of the molecule is COC(=O)c1ccccc1N1CC[C@@H](Oc2ccc(C)cn2)C1.Cc1ccc(O[C@@H]2CCN(c3ccccc3C(=O)N(Cc3ccccc3)Cc3ccccc3)C2)nc1.c1ccc(CNCc2ccccc2)cc1. The molecule has 0 radical (unpaired) electrons. The van der Waals surface area contributed by atoms with E-state index in [1.54, 1.807) is 12.3 Å². The minimum atomic E-state index is -0.315. The highest BCUT2D eigenvalue weighted by atomic mass is 16.5. The molecule has 8 aromatic rings. The molecule has 0 aliphatic carbocycles. The molecule has 10 rings (SSSR count). The summed E-state index contributed by atoms with van der Waals surface area (Å²) in [4.78, 5) is 40.9. The molecule has 4 heterocycles. The molecule has 11 heteroatoms. The highest BCUT2D eigenvalue weighted by molar-refractivity contribution is 6.00. The van der Waals surface area contributed by atoms with Gasteiger partial charge in [0.05, 0.1) is 37.0 Å². The van der Waals surface area contributed by atoms with E-state index in [9.17, 15) is 9.59 Å². The molecular formula is C63H66N6O5. The summed E-state index contributed by atoms with van der Waals surface area (Å²) in [5.41, 5.74) is 10.2. The van der Waals surface area contributed by atoms with Gasteiger partial charge in [-0.05, 0) is 71.5 Å². The van der Waals surface area contributed by atoms with Crippen LogP contribution in [0.5, 0.6) is 11.8 Å². The first-order valence-corrected chi connectivity index (χ1v) is 25.4. The fourth-order valence-electron chi connectivity index (χ4n) is 8.96. The number of carbonyl (C=O) groups is 2. The molecule has 2 aliphatic heterocycles. The summed E-state index contributed by atoms with van der Waals surface area (Å²) in [5, 5.41) is 3.42. The van der Waals surface area contributed by atoms with Gasteiger partial charge in [-0.2, -0.15) is 0 Å². The number of pyridine rings is 2. The van der Waals surface area contributed by atoms with Crippen LogP contribution >= 0.6 is 0 Å². The van der Waals surface area contributed by atoms with Crippen LogP contribution in [0.4, 0.5) is 11.4 Å². The fraction of sp³-hybridized carbons (Fsp3) is 0.238. The minimum Gasteiger partial charge on any atom is -0.472 e. The van der Waals surface area contributed by atoms with Gasteiger partial charge in [-0.1, -0.05) is 158 Å². The van der Waals surface area contributed by atoms with Crippen LogP contribution in [0, 0.1) is 13.8 Å². The number of carbonyl (C=O) groups excluding carboxylic acids is 2. The molecule has 6 aromatic carbocycles. The molecule has 0 spiro atoms. The molecule has 0 unspecified atom stereocenters. The number of nitrogens with zero attached hydrogens (tertiary/aromatic N) is 5. The Kier molecular flexibility index (Phi) is 19.0. The quantitative estimate of drug-likeness (QED) is 0.0940. The topological polar surface area (TPSA) is 109 Å². The van der Waals surface area contributed by atoms with Gasteiger partial charge in [0.2, 0.25) is 11.8 Å². The van der Waals surface area contributed by atoms with Crippen molar-refractivity contribution >= 4 is 23.3 Å². The number of ether oxygens (including phenoxy) is 3. The standard InChI is InChI=1S/C31H31N3O2.C18H20N2O3.C14H15N/c1-24-16-17-30(32-20-24)36-27-18-19-33(23-27)29-15-9-8-14-28(29)31(35)34(21-25-10-4-2-5-11-25)22-26-12-6-3-7-13-26;1-13-7-8-17(19-11-13)23-14-9-10-20(12-14)16-6-4-3-5-15(16)18(21)22-2;1-3-7-13(8-4-1)11-15-12-14-9-5-2-6-10-14/h2-17,20,27H,18-19,21-23H2,1H3;3-8,11,14H,9-10,12H2,1-2H3;1-10,15H,11-12H2/t27-;14-;/m11./s1. The summed E-state index contributed by atoms with van der Waals surface area (Å²) in [7, 11) is 1.40. The molecule has 0 bridgehead atoms. The number of hydrogen-bond donors (Lipinski definition) is 1. The van der Waals surface area contributed by atoms with Crippen molar-refractivity contribution in [2.75, 3.05) is 43.1 Å². The Hall–Kier alpha value is -8.28. The maximum atomic E-state index is 14.0. The van der Waals surface area contributed by atoms with Crippen molar-refractivity contribution in [3.05, 3.63) is 251 Å². The molecule has 2 saturated heterocycles. The second kappa shape index (κ2) is 27.0. The molecule has 11 nitrogen and oxygen atoms in total. The summed E-state index contributed by atoms with van der Waals surface area (Å²) in [6.45, 7) is 10.1. The second-order valence-corrected chi connectivity index (χ2v) is 18.5.